The maximum absolute atomic E-state index is 6.12. The van der Waals surface area contributed by atoms with E-state index in [2.05, 4.69) is 22.2 Å². The molecule has 0 saturated carbocycles. The number of aromatic nitrogens is 2. The van der Waals surface area contributed by atoms with Crippen LogP contribution in [0.1, 0.15) is 18.9 Å². The lowest BCUT2D eigenvalue weighted by atomic mass is 10.2. The van der Waals surface area contributed by atoms with E-state index in [1.54, 1.807) is 12.3 Å². The Morgan fingerprint density at radius 3 is 2.89 bits per heavy atom. The van der Waals surface area contributed by atoms with E-state index in [-0.39, 0.29) is 0 Å². The predicted octanol–water partition coefficient (Wildman–Crippen LogP) is 4.05. The van der Waals surface area contributed by atoms with Crippen molar-refractivity contribution in [2.75, 3.05) is 11.9 Å². The van der Waals surface area contributed by atoms with Gasteiger partial charge >= 0.3 is 0 Å². The largest absolute Gasteiger partial charge is 0.437 e. The van der Waals surface area contributed by atoms with E-state index < -0.39 is 0 Å². The molecule has 100 valence electrons. The van der Waals surface area contributed by atoms with Gasteiger partial charge in [-0.2, -0.15) is 4.98 Å². The molecule has 0 amide bonds. The first-order valence-electron chi connectivity index (χ1n) is 6.20. The number of nitrogens with one attached hydrogen (secondary N) is 1. The lowest BCUT2D eigenvalue weighted by Crippen LogP contribution is -2.04. The van der Waals surface area contributed by atoms with Gasteiger partial charge in [-0.3, -0.25) is 0 Å². The van der Waals surface area contributed by atoms with E-state index in [0.29, 0.717) is 22.6 Å². The molecule has 5 heteroatoms. The van der Waals surface area contributed by atoms with Gasteiger partial charge in [0.2, 0.25) is 11.8 Å². The highest BCUT2D eigenvalue weighted by Crippen LogP contribution is 2.29. The normalized spacial score (nSPS) is 10.3. The third-order valence-electron chi connectivity index (χ3n) is 2.47. The third-order valence-corrected chi connectivity index (χ3v) is 2.76. The first-order chi connectivity index (χ1) is 9.19. The molecular weight excluding hydrogens is 262 g/mol. The summed E-state index contributed by atoms with van der Waals surface area (Å²) in [6.45, 7) is 4.89. The molecule has 1 N–H and O–H groups in total. The van der Waals surface area contributed by atoms with E-state index in [1.807, 2.05) is 25.1 Å². The molecule has 0 fully saturated rings. The number of nitrogens with zero attached hydrogens (tertiary/aromatic N) is 2. The van der Waals surface area contributed by atoms with Crippen molar-refractivity contribution >= 4 is 17.5 Å². The average Bonchev–Trinajstić information content (AvgIpc) is 2.40. The fourth-order valence-corrected chi connectivity index (χ4v) is 1.80. The zero-order valence-electron chi connectivity index (χ0n) is 11.0. The van der Waals surface area contributed by atoms with Crippen molar-refractivity contribution in [2.45, 2.75) is 20.3 Å². The summed E-state index contributed by atoms with van der Waals surface area (Å²) in [5, 5.41) is 3.68. The highest BCUT2D eigenvalue weighted by molar-refractivity contribution is 6.32. The Bertz CT molecular complexity index is 560. The Kier molecular flexibility index (Phi) is 4.58. The molecule has 0 aliphatic heterocycles. The van der Waals surface area contributed by atoms with Crippen LogP contribution < -0.4 is 10.1 Å². The number of hydrogen-bond donors (Lipinski definition) is 1. The molecule has 0 saturated heterocycles. The summed E-state index contributed by atoms with van der Waals surface area (Å²) in [6.07, 6.45) is 2.67. The molecule has 0 aliphatic carbocycles. The van der Waals surface area contributed by atoms with Crippen molar-refractivity contribution < 1.29 is 4.74 Å². The second kappa shape index (κ2) is 6.38. The number of benzene rings is 1. The summed E-state index contributed by atoms with van der Waals surface area (Å²) in [6, 6.07) is 7.33. The van der Waals surface area contributed by atoms with Gasteiger partial charge in [0, 0.05) is 18.8 Å². The molecule has 4 nitrogen and oxygen atoms in total. The number of ether oxygens (including phenoxy) is 1. The Balaban J connectivity index is 2.14. The number of rotatable bonds is 5. The molecule has 0 bridgehead atoms. The Labute approximate surface area is 117 Å². The summed E-state index contributed by atoms with van der Waals surface area (Å²) in [5.74, 6) is 1.62. The summed E-state index contributed by atoms with van der Waals surface area (Å²) in [7, 11) is 0. The molecule has 0 radical (unpaired) electrons. The van der Waals surface area contributed by atoms with Gasteiger partial charge in [-0.05, 0) is 31.0 Å². The fourth-order valence-electron chi connectivity index (χ4n) is 1.52. The Hall–Kier alpha value is -1.81. The van der Waals surface area contributed by atoms with E-state index in [9.17, 15) is 0 Å². The molecule has 0 aliphatic rings. The highest BCUT2D eigenvalue weighted by Gasteiger charge is 2.05. The minimum atomic E-state index is 0.472. The van der Waals surface area contributed by atoms with Gasteiger partial charge < -0.3 is 10.1 Å². The van der Waals surface area contributed by atoms with Gasteiger partial charge in [0.05, 0.1) is 5.02 Å². The van der Waals surface area contributed by atoms with Gasteiger partial charge in [0.1, 0.15) is 5.75 Å². The van der Waals surface area contributed by atoms with Crippen LogP contribution in [0.2, 0.25) is 5.02 Å². The number of hydrogen-bond acceptors (Lipinski definition) is 4. The van der Waals surface area contributed by atoms with Crippen molar-refractivity contribution in [3.8, 4) is 11.6 Å². The second-order valence-electron chi connectivity index (χ2n) is 4.18. The summed E-state index contributed by atoms with van der Waals surface area (Å²) in [5.41, 5.74) is 1.09. The fraction of sp³-hybridized carbons (Fsp3) is 0.286. The Morgan fingerprint density at radius 2 is 2.16 bits per heavy atom. The van der Waals surface area contributed by atoms with Crippen LogP contribution in [0.4, 0.5) is 5.95 Å². The molecule has 2 aromatic rings. The van der Waals surface area contributed by atoms with Crippen molar-refractivity contribution in [1.82, 2.24) is 9.97 Å². The number of halogens is 1. The lowest BCUT2D eigenvalue weighted by Gasteiger charge is -2.08. The van der Waals surface area contributed by atoms with Crippen molar-refractivity contribution in [3.05, 3.63) is 41.0 Å². The molecule has 19 heavy (non-hydrogen) atoms. The molecule has 0 spiro atoms. The zero-order chi connectivity index (χ0) is 13.7. The van der Waals surface area contributed by atoms with Gasteiger partial charge in [0.15, 0.2) is 0 Å². The maximum atomic E-state index is 6.12. The van der Waals surface area contributed by atoms with Crippen LogP contribution in [-0.4, -0.2) is 16.5 Å². The van der Waals surface area contributed by atoms with Gasteiger partial charge in [0.25, 0.3) is 0 Å². The lowest BCUT2D eigenvalue weighted by molar-refractivity contribution is 0.462. The minimum absolute atomic E-state index is 0.472. The van der Waals surface area contributed by atoms with Gasteiger partial charge in [-0.1, -0.05) is 24.6 Å². The van der Waals surface area contributed by atoms with Crippen LogP contribution in [-0.2, 0) is 0 Å². The molecule has 0 unspecified atom stereocenters. The van der Waals surface area contributed by atoms with Crippen LogP contribution in [0, 0.1) is 6.92 Å². The van der Waals surface area contributed by atoms with Gasteiger partial charge in [-0.25, -0.2) is 4.98 Å². The smallest absolute Gasteiger partial charge is 0.225 e. The van der Waals surface area contributed by atoms with Crippen LogP contribution in [0.15, 0.2) is 30.5 Å². The molecule has 1 aromatic carbocycles. The summed E-state index contributed by atoms with van der Waals surface area (Å²) in [4.78, 5) is 8.39. The molecule has 1 heterocycles. The quantitative estimate of drug-likeness (QED) is 0.895. The van der Waals surface area contributed by atoms with E-state index in [0.717, 1.165) is 18.5 Å². The monoisotopic (exact) mass is 277 g/mol. The van der Waals surface area contributed by atoms with Gasteiger partial charge in [-0.15, -0.1) is 0 Å². The minimum Gasteiger partial charge on any atom is -0.437 e. The summed E-state index contributed by atoms with van der Waals surface area (Å²) < 4.78 is 5.66. The SMILES string of the molecule is CCCNc1nccc(Oc2ccc(C)cc2Cl)n1. The third kappa shape index (κ3) is 3.83. The molecule has 2 rings (SSSR count). The predicted molar refractivity (Wildman–Crippen MR) is 77.1 cm³/mol. The van der Waals surface area contributed by atoms with E-state index in [4.69, 9.17) is 16.3 Å². The Morgan fingerprint density at radius 1 is 1.32 bits per heavy atom. The van der Waals surface area contributed by atoms with Crippen molar-refractivity contribution in [3.63, 3.8) is 0 Å². The van der Waals surface area contributed by atoms with E-state index in [1.165, 1.54) is 0 Å². The van der Waals surface area contributed by atoms with E-state index >= 15 is 0 Å². The van der Waals surface area contributed by atoms with Crippen molar-refractivity contribution in [2.24, 2.45) is 0 Å². The molecular formula is C14H16ClN3O. The second-order valence-corrected chi connectivity index (χ2v) is 4.59. The van der Waals surface area contributed by atoms with Crippen LogP contribution in [0.5, 0.6) is 11.6 Å². The highest BCUT2D eigenvalue weighted by atomic mass is 35.5. The van der Waals surface area contributed by atoms with Crippen molar-refractivity contribution in [1.29, 1.82) is 0 Å². The summed E-state index contributed by atoms with van der Waals surface area (Å²) >= 11 is 6.12. The standard InChI is InChI=1S/C14H16ClN3O/c1-3-7-16-14-17-8-6-13(18-14)19-12-5-4-10(2)9-11(12)15/h4-6,8-9H,3,7H2,1-2H3,(H,16,17,18). The van der Waals surface area contributed by atoms with Crippen LogP contribution in [0.3, 0.4) is 0 Å². The van der Waals surface area contributed by atoms with Crippen LogP contribution in [0.25, 0.3) is 0 Å². The number of aryl methyl sites for hydroxylation is 1. The zero-order valence-corrected chi connectivity index (χ0v) is 11.7. The first-order valence-corrected chi connectivity index (χ1v) is 6.57. The average molecular weight is 278 g/mol. The first kappa shape index (κ1) is 13.6. The maximum Gasteiger partial charge on any atom is 0.225 e. The molecule has 0 atom stereocenters. The number of anilines is 1. The topological polar surface area (TPSA) is 47.0 Å². The van der Waals surface area contributed by atoms with Crippen LogP contribution >= 0.6 is 11.6 Å². The molecule has 1 aromatic heterocycles.